The zero-order valence-electron chi connectivity index (χ0n) is 11.0. The predicted octanol–water partition coefficient (Wildman–Crippen LogP) is 4.66. The van der Waals surface area contributed by atoms with E-state index in [9.17, 15) is 4.79 Å². The fourth-order valence-electron chi connectivity index (χ4n) is 1.55. The van der Waals surface area contributed by atoms with Gasteiger partial charge in [-0.15, -0.1) is 0 Å². The third kappa shape index (κ3) is 12.2. The molecule has 0 spiro atoms. The minimum Gasteiger partial charge on any atom is -0.462 e. The van der Waals surface area contributed by atoms with E-state index in [1.807, 2.05) is 0 Å². The number of ether oxygens (including phenoxy) is 1. The van der Waals surface area contributed by atoms with Gasteiger partial charge in [0, 0.05) is 5.57 Å². The van der Waals surface area contributed by atoms with Gasteiger partial charge in [0.15, 0.2) is 0 Å². The van der Waals surface area contributed by atoms with Gasteiger partial charge in [0.25, 0.3) is 0 Å². The van der Waals surface area contributed by atoms with Crippen LogP contribution in [0.4, 0.5) is 0 Å². The number of rotatable bonds is 11. The highest BCUT2D eigenvalue weighted by Crippen LogP contribution is 2.09. The molecule has 0 atom stereocenters. The molecule has 0 aliphatic heterocycles. The zero-order valence-corrected chi connectivity index (χ0v) is 13.1. The van der Waals surface area contributed by atoms with Crippen molar-refractivity contribution < 1.29 is 9.53 Å². The molecule has 0 N–H and O–H groups in total. The lowest BCUT2D eigenvalue weighted by Gasteiger charge is -2.04. The standard InChI is InChI=1S/C14H25IO2/c1-13(2)14(16)17-12-10-8-6-4-3-5-7-9-11-15/h1,3-12H2,2H3. The molecule has 0 aromatic carbocycles. The van der Waals surface area contributed by atoms with Crippen molar-refractivity contribution in [3.63, 3.8) is 0 Å². The van der Waals surface area contributed by atoms with Crippen LogP contribution in [0.3, 0.4) is 0 Å². The van der Waals surface area contributed by atoms with Crippen molar-refractivity contribution in [2.45, 2.75) is 58.3 Å². The summed E-state index contributed by atoms with van der Waals surface area (Å²) < 4.78 is 6.31. The summed E-state index contributed by atoms with van der Waals surface area (Å²) in [7, 11) is 0. The normalized spacial score (nSPS) is 10.2. The van der Waals surface area contributed by atoms with Crippen molar-refractivity contribution >= 4 is 28.6 Å². The maximum atomic E-state index is 11.1. The molecule has 0 aliphatic rings. The van der Waals surface area contributed by atoms with Gasteiger partial charge >= 0.3 is 5.97 Å². The van der Waals surface area contributed by atoms with E-state index in [1.165, 1.54) is 43.0 Å². The van der Waals surface area contributed by atoms with Gasteiger partial charge in [-0.1, -0.05) is 67.7 Å². The largest absolute Gasteiger partial charge is 0.462 e. The lowest BCUT2D eigenvalue weighted by atomic mass is 10.1. The minimum absolute atomic E-state index is 0.260. The molecule has 0 fully saturated rings. The highest BCUT2D eigenvalue weighted by atomic mass is 127. The van der Waals surface area contributed by atoms with Gasteiger partial charge in [0.2, 0.25) is 0 Å². The van der Waals surface area contributed by atoms with E-state index in [4.69, 9.17) is 4.74 Å². The second kappa shape index (κ2) is 12.4. The number of carbonyl (C=O) groups is 1. The van der Waals surface area contributed by atoms with Crippen molar-refractivity contribution in [3.8, 4) is 0 Å². The Kier molecular flexibility index (Phi) is 12.4. The molecule has 100 valence electrons. The number of hydrogen-bond acceptors (Lipinski definition) is 2. The Bertz CT molecular complexity index is 214. The van der Waals surface area contributed by atoms with Crippen LogP contribution in [0.5, 0.6) is 0 Å². The number of hydrogen-bond donors (Lipinski definition) is 0. The monoisotopic (exact) mass is 352 g/mol. The van der Waals surface area contributed by atoms with Crippen LogP contribution in [0.15, 0.2) is 12.2 Å². The minimum atomic E-state index is -0.260. The number of unbranched alkanes of at least 4 members (excludes halogenated alkanes) is 7. The molecule has 0 aromatic rings. The first-order chi connectivity index (χ1) is 8.18. The molecule has 0 bridgehead atoms. The van der Waals surface area contributed by atoms with Crippen LogP contribution >= 0.6 is 22.6 Å². The molecule has 0 saturated carbocycles. The Morgan fingerprint density at radius 1 is 1.00 bits per heavy atom. The molecule has 0 heterocycles. The molecule has 17 heavy (non-hydrogen) atoms. The summed E-state index contributed by atoms with van der Waals surface area (Å²) in [5.41, 5.74) is 0.486. The summed E-state index contributed by atoms with van der Waals surface area (Å²) in [4.78, 5) is 11.1. The maximum Gasteiger partial charge on any atom is 0.333 e. The number of halogens is 1. The summed E-state index contributed by atoms with van der Waals surface area (Å²) in [6.45, 7) is 5.76. The second-order valence-electron chi connectivity index (χ2n) is 4.43. The lowest BCUT2D eigenvalue weighted by Crippen LogP contribution is -2.05. The Morgan fingerprint density at radius 3 is 1.94 bits per heavy atom. The van der Waals surface area contributed by atoms with Gasteiger partial charge < -0.3 is 4.74 Å². The molecule has 0 unspecified atom stereocenters. The van der Waals surface area contributed by atoms with Crippen LogP contribution in [0.25, 0.3) is 0 Å². The first-order valence-electron chi connectivity index (χ1n) is 6.57. The molecule has 0 aliphatic carbocycles. The SMILES string of the molecule is C=C(C)C(=O)OCCCCCCCCCCI. The average molecular weight is 352 g/mol. The molecule has 0 saturated heterocycles. The molecule has 2 nitrogen and oxygen atoms in total. The van der Waals surface area contributed by atoms with Crippen molar-refractivity contribution in [2.75, 3.05) is 11.0 Å². The first kappa shape index (κ1) is 16.9. The Morgan fingerprint density at radius 2 is 1.47 bits per heavy atom. The molecule has 0 amide bonds. The van der Waals surface area contributed by atoms with Crippen molar-refractivity contribution in [1.29, 1.82) is 0 Å². The first-order valence-corrected chi connectivity index (χ1v) is 8.09. The van der Waals surface area contributed by atoms with Crippen LogP contribution in [-0.2, 0) is 9.53 Å². The summed E-state index contributed by atoms with van der Waals surface area (Å²) in [6, 6.07) is 0. The molecular formula is C14H25IO2. The Labute approximate surface area is 119 Å². The summed E-state index contributed by atoms with van der Waals surface area (Å²) in [5.74, 6) is -0.260. The molecule has 0 rings (SSSR count). The highest BCUT2D eigenvalue weighted by Gasteiger charge is 2.01. The van der Waals surface area contributed by atoms with Gasteiger partial charge in [-0.25, -0.2) is 4.79 Å². The van der Waals surface area contributed by atoms with Crippen molar-refractivity contribution in [3.05, 3.63) is 12.2 Å². The molecule has 0 aromatic heterocycles. The van der Waals surface area contributed by atoms with E-state index >= 15 is 0 Å². The molecular weight excluding hydrogens is 327 g/mol. The topological polar surface area (TPSA) is 26.3 Å². The van der Waals surface area contributed by atoms with Gasteiger partial charge in [0.05, 0.1) is 6.61 Å². The van der Waals surface area contributed by atoms with Crippen LogP contribution < -0.4 is 0 Å². The number of esters is 1. The maximum absolute atomic E-state index is 11.1. The van der Waals surface area contributed by atoms with Gasteiger partial charge in [-0.3, -0.25) is 0 Å². The Hall–Kier alpha value is -0.0600. The number of carbonyl (C=O) groups excluding carboxylic acids is 1. The summed E-state index contributed by atoms with van der Waals surface area (Å²) >= 11 is 2.43. The third-order valence-corrected chi connectivity index (χ3v) is 3.37. The second-order valence-corrected chi connectivity index (χ2v) is 5.51. The third-order valence-electron chi connectivity index (χ3n) is 2.61. The summed E-state index contributed by atoms with van der Waals surface area (Å²) in [5, 5.41) is 0. The number of alkyl halides is 1. The fourth-order valence-corrected chi connectivity index (χ4v) is 2.08. The van der Waals surface area contributed by atoms with E-state index < -0.39 is 0 Å². The van der Waals surface area contributed by atoms with Crippen LogP contribution in [0.2, 0.25) is 0 Å². The fraction of sp³-hybridized carbons (Fsp3) is 0.786. The quantitative estimate of drug-likeness (QED) is 0.178. The average Bonchev–Trinajstić information content (AvgIpc) is 2.31. The van der Waals surface area contributed by atoms with E-state index in [0.717, 1.165) is 12.8 Å². The van der Waals surface area contributed by atoms with E-state index in [-0.39, 0.29) is 5.97 Å². The highest BCUT2D eigenvalue weighted by molar-refractivity contribution is 14.1. The van der Waals surface area contributed by atoms with Crippen molar-refractivity contribution in [1.82, 2.24) is 0 Å². The molecule has 0 radical (unpaired) electrons. The molecule has 3 heteroatoms. The summed E-state index contributed by atoms with van der Waals surface area (Å²) in [6.07, 6.45) is 10.2. The smallest absolute Gasteiger partial charge is 0.333 e. The van der Waals surface area contributed by atoms with Crippen LogP contribution in [0.1, 0.15) is 58.3 Å². The van der Waals surface area contributed by atoms with E-state index in [1.54, 1.807) is 6.92 Å². The van der Waals surface area contributed by atoms with E-state index in [2.05, 4.69) is 29.2 Å². The van der Waals surface area contributed by atoms with Crippen molar-refractivity contribution in [2.24, 2.45) is 0 Å². The zero-order chi connectivity index (χ0) is 12.9. The van der Waals surface area contributed by atoms with Gasteiger partial charge in [0.1, 0.15) is 0 Å². The van der Waals surface area contributed by atoms with Crippen LogP contribution in [0, 0.1) is 0 Å². The Balaban J connectivity index is 3.08. The van der Waals surface area contributed by atoms with Crippen LogP contribution in [-0.4, -0.2) is 17.0 Å². The van der Waals surface area contributed by atoms with Gasteiger partial charge in [-0.05, 0) is 24.2 Å². The lowest BCUT2D eigenvalue weighted by molar-refractivity contribution is -0.139. The van der Waals surface area contributed by atoms with E-state index in [0.29, 0.717) is 12.2 Å². The van der Waals surface area contributed by atoms with Gasteiger partial charge in [-0.2, -0.15) is 0 Å². The predicted molar refractivity (Wildman–Crippen MR) is 81.6 cm³/mol.